The smallest absolute Gasteiger partial charge is 0.390 e. The van der Waals surface area contributed by atoms with Crippen LogP contribution in [0.2, 0.25) is 0 Å². The summed E-state index contributed by atoms with van der Waals surface area (Å²) >= 11 is 0. The van der Waals surface area contributed by atoms with Gasteiger partial charge in [0, 0.05) is 18.8 Å². The van der Waals surface area contributed by atoms with Gasteiger partial charge in [-0.1, -0.05) is 19.1 Å². The third-order valence-electron chi connectivity index (χ3n) is 2.52. The summed E-state index contributed by atoms with van der Waals surface area (Å²) in [7, 11) is 0. The number of nitrogens with two attached hydrogens (primary N) is 1. The number of rotatable bonds is 5. The zero-order chi connectivity index (χ0) is 12.9. The Morgan fingerprint density at radius 1 is 1.29 bits per heavy atom. The van der Waals surface area contributed by atoms with Crippen molar-refractivity contribution in [3.05, 3.63) is 29.8 Å². The minimum absolute atomic E-state index is 0.0226. The fourth-order valence-corrected chi connectivity index (χ4v) is 1.58. The molecule has 0 saturated heterocycles. The topological polar surface area (TPSA) is 29.3 Å². The van der Waals surface area contributed by atoms with E-state index in [1.807, 2.05) is 19.1 Å². The minimum Gasteiger partial charge on any atom is -0.399 e. The van der Waals surface area contributed by atoms with Gasteiger partial charge in [0.05, 0.1) is 6.42 Å². The Bertz CT molecular complexity index is 350. The Labute approximate surface area is 99.2 Å². The molecule has 2 N–H and O–H groups in total. The molecule has 1 aromatic rings. The van der Waals surface area contributed by atoms with Crippen molar-refractivity contribution in [2.24, 2.45) is 0 Å². The molecule has 0 heterocycles. The van der Waals surface area contributed by atoms with Crippen LogP contribution in [0.4, 0.5) is 18.9 Å². The van der Waals surface area contributed by atoms with Crippen LogP contribution in [0.15, 0.2) is 24.3 Å². The van der Waals surface area contributed by atoms with Crippen LogP contribution >= 0.6 is 0 Å². The maximum absolute atomic E-state index is 12.1. The number of nitrogens with zero attached hydrogens (tertiary/aromatic N) is 1. The molecule has 0 amide bonds. The van der Waals surface area contributed by atoms with E-state index in [-0.39, 0.29) is 6.54 Å². The van der Waals surface area contributed by atoms with Gasteiger partial charge < -0.3 is 5.73 Å². The van der Waals surface area contributed by atoms with Crippen molar-refractivity contribution in [3.8, 4) is 0 Å². The van der Waals surface area contributed by atoms with Gasteiger partial charge in [-0.15, -0.1) is 0 Å². The Balaban J connectivity index is 2.52. The molecule has 2 nitrogen and oxygen atoms in total. The van der Waals surface area contributed by atoms with Gasteiger partial charge in [0.1, 0.15) is 0 Å². The zero-order valence-corrected chi connectivity index (χ0v) is 9.80. The van der Waals surface area contributed by atoms with Crippen molar-refractivity contribution in [1.82, 2.24) is 4.90 Å². The Morgan fingerprint density at radius 3 is 2.53 bits per heavy atom. The van der Waals surface area contributed by atoms with Crippen molar-refractivity contribution < 1.29 is 13.2 Å². The van der Waals surface area contributed by atoms with Crippen molar-refractivity contribution in [2.45, 2.75) is 26.1 Å². The largest absolute Gasteiger partial charge is 0.399 e. The van der Waals surface area contributed by atoms with E-state index in [0.717, 1.165) is 5.56 Å². The predicted molar refractivity (Wildman–Crippen MR) is 62.5 cm³/mol. The lowest BCUT2D eigenvalue weighted by atomic mass is 10.2. The van der Waals surface area contributed by atoms with Crippen molar-refractivity contribution in [1.29, 1.82) is 0 Å². The second kappa shape index (κ2) is 5.91. The van der Waals surface area contributed by atoms with Gasteiger partial charge in [0.2, 0.25) is 0 Å². The molecule has 0 spiro atoms. The molecule has 0 unspecified atom stereocenters. The molecule has 1 rings (SSSR count). The molecular weight excluding hydrogens is 229 g/mol. The van der Waals surface area contributed by atoms with E-state index >= 15 is 0 Å². The number of alkyl halides is 3. The van der Waals surface area contributed by atoms with Crippen LogP contribution in [0.1, 0.15) is 18.9 Å². The molecule has 5 heteroatoms. The predicted octanol–water partition coefficient (Wildman–Crippen LogP) is 3.04. The van der Waals surface area contributed by atoms with E-state index in [4.69, 9.17) is 5.73 Å². The van der Waals surface area contributed by atoms with Crippen molar-refractivity contribution >= 4 is 5.69 Å². The summed E-state index contributed by atoms with van der Waals surface area (Å²) in [5.41, 5.74) is 7.19. The standard InChI is InChI=1S/C12H17F3N2/c1-2-17(7-6-12(13,14)15)9-10-4-3-5-11(16)8-10/h3-5,8H,2,6-7,9,16H2,1H3. The van der Waals surface area contributed by atoms with E-state index in [1.165, 1.54) is 0 Å². The van der Waals surface area contributed by atoms with E-state index < -0.39 is 12.6 Å². The maximum atomic E-state index is 12.1. The Hall–Kier alpha value is -1.23. The molecule has 1 aromatic carbocycles. The van der Waals surface area contributed by atoms with Crippen LogP contribution in [0.25, 0.3) is 0 Å². The highest BCUT2D eigenvalue weighted by Gasteiger charge is 2.27. The van der Waals surface area contributed by atoms with E-state index in [2.05, 4.69) is 0 Å². The summed E-state index contributed by atoms with van der Waals surface area (Å²) in [5.74, 6) is 0. The molecule has 0 fully saturated rings. The normalized spacial score (nSPS) is 12.1. The molecule has 0 bridgehead atoms. The van der Waals surface area contributed by atoms with Gasteiger partial charge in [0.15, 0.2) is 0 Å². The van der Waals surface area contributed by atoms with Crippen molar-refractivity contribution in [3.63, 3.8) is 0 Å². The summed E-state index contributed by atoms with van der Waals surface area (Å²) < 4.78 is 36.3. The fraction of sp³-hybridized carbons (Fsp3) is 0.500. The lowest BCUT2D eigenvalue weighted by Crippen LogP contribution is -2.27. The first-order chi connectivity index (χ1) is 7.90. The molecule has 0 aliphatic carbocycles. The molecular formula is C12H17F3N2. The second-order valence-corrected chi connectivity index (χ2v) is 3.98. The van der Waals surface area contributed by atoms with E-state index in [1.54, 1.807) is 17.0 Å². The molecule has 0 atom stereocenters. The van der Waals surface area contributed by atoms with E-state index in [9.17, 15) is 13.2 Å². The van der Waals surface area contributed by atoms with Gasteiger partial charge in [-0.05, 0) is 24.2 Å². The van der Waals surface area contributed by atoms with Gasteiger partial charge >= 0.3 is 6.18 Å². The quantitative estimate of drug-likeness (QED) is 0.809. The average molecular weight is 246 g/mol. The number of halogens is 3. The average Bonchev–Trinajstić information content (AvgIpc) is 2.23. The first-order valence-electron chi connectivity index (χ1n) is 5.54. The molecule has 0 aromatic heterocycles. The lowest BCUT2D eigenvalue weighted by molar-refractivity contribution is -0.138. The summed E-state index contributed by atoms with van der Waals surface area (Å²) in [5, 5.41) is 0. The Kier molecular flexibility index (Phi) is 4.81. The first kappa shape index (κ1) is 13.8. The number of nitrogen functional groups attached to an aromatic ring is 1. The van der Waals surface area contributed by atoms with Crippen LogP contribution in [-0.4, -0.2) is 24.2 Å². The van der Waals surface area contributed by atoms with Crippen molar-refractivity contribution in [2.75, 3.05) is 18.8 Å². The third kappa shape index (κ3) is 5.58. The van der Waals surface area contributed by atoms with Crippen LogP contribution < -0.4 is 5.73 Å². The second-order valence-electron chi connectivity index (χ2n) is 3.98. The molecule has 96 valence electrons. The maximum Gasteiger partial charge on any atom is 0.390 e. The minimum atomic E-state index is -4.09. The third-order valence-corrected chi connectivity index (χ3v) is 2.52. The molecule has 0 aliphatic heterocycles. The van der Waals surface area contributed by atoms with E-state index in [0.29, 0.717) is 18.8 Å². The lowest BCUT2D eigenvalue weighted by Gasteiger charge is -2.21. The first-order valence-corrected chi connectivity index (χ1v) is 5.54. The summed E-state index contributed by atoms with van der Waals surface area (Å²) in [6.45, 7) is 2.96. The van der Waals surface area contributed by atoms with Crippen LogP contribution in [0.3, 0.4) is 0 Å². The summed E-state index contributed by atoms with van der Waals surface area (Å²) in [4.78, 5) is 1.75. The summed E-state index contributed by atoms with van der Waals surface area (Å²) in [6.07, 6.45) is -4.87. The number of benzene rings is 1. The molecule has 0 saturated carbocycles. The van der Waals surface area contributed by atoms with Gasteiger partial charge in [0.25, 0.3) is 0 Å². The highest BCUT2D eigenvalue weighted by atomic mass is 19.4. The van der Waals surface area contributed by atoms with Crippen LogP contribution in [-0.2, 0) is 6.54 Å². The highest BCUT2D eigenvalue weighted by Crippen LogP contribution is 2.20. The monoisotopic (exact) mass is 246 g/mol. The molecule has 17 heavy (non-hydrogen) atoms. The van der Waals surface area contributed by atoms with Gasteiger partial charge in [-0.25, -0.2) is 0 Å². The van der Waals surface area contributed by atoms with Gasteiger partial charge in [-0.3, -0.25) is 4.90 Å². The SMILES string of the molecule is CCN(CCC(F)(F)F)Cc1cccc(N)c1. The molecule has 0 radical (unpaired) electrons. The highest BCUT2D eigenvalue weighted by molar-refractivity contribution is 5.40. The fourth-order valence-electron chi connectivity index (χ4n) is 1.58. The molecule has 0 aliphatic rings. The van der Waals surface area contributed by atoms with Crippen LogP contribution in [0.5, 0.6) is 0 Å². The zero-order valence-electron chi connectivity index (χ0n) is 9.80. The number of hydrogen-bond acceptors (Lipinski definition) is 2. The van der Waals surface area contributed by atoms with Crippen LogP contribution in [0, 0.1) is 0 Å². The van der Waals surface area contributed by atoms with Gasteiger partial charge in [-0.2, -0.15) is 13.2 Å². The number of hydrogen-bond donors (Lipinski definition) is 1. The number of anilines is 1. The Morgan fingerprint density at radius 2 is 2.00 bits per heavy atom. The summed E-state index contributed by atoms with van der Waals surface area (Å²) in [6, 6.07) is 7.22.